The molecular weight excluding hydrogens is 252 g/mol. The molecule has 1 N–H and O–H groups in total. The van der Waals surface area contributed by atoms with E-state index in [1.165, 1.54) is 0 Å². The molecule has 1 fully saturated rings. The number of rotatable bonds is 5. The smallest absolute Gasteiger partial charge is 0.119 e. The topological polar surface area (TPSA) is 35.9 Å². The summed E-state index contributed by atoms with van der Waals surface area (Å²) in [6, 6.07) is 8.30. The van der Waals surface area contributed by atoms with Crippen molar-refractivity contribution in [3.63, 3.8) is 0 Å². The fourth-order valence-corrected chi connectivity index (χ4v) is 2.66. The quantitative estimate of drug-likeness (QED) is 0.890. The van der Waals surface area contributed by atoms with Crippen molar-refractivity contribution in [2.75, 3.05) is 39.8 Å². The average molecular weight is 278 g/mol. The van der Waals surface area contributed by atoms with Crippen LogP contribution in [0.25, 0.3) is 0 Å². The van der Waals surface area contributed by atoms with Crippen molar-refractivity contribution >= 4 is 0 Å². The number of methoxy groups -OCH3 is 1. The van der Waals surface area contributed by atoms with E-state index in [0.717, 1.165) is 37.5 Å². The Morgan fingerprint density at radius 1 is 1.20 bits per heavy atom. The molecule has 1 atom stereocenters. The van der Waals surface area contributed by atoms with Gasteiger partial charge in [0, 0.05) is 38.8 Å². The van der Waals surface area contributed by atoms with E-state index in [4.69, 9.17) is 4.74 Å². The summed E-state index contributed by atoms with van der Waals surface area (Å²) in [5, 5.41) is 10.4. The first kappa shape index (κ1) is 15.3. The second-order valence-corrected chi connectivity index (χ2v) is 5.72. The molecule has 0 saturated carbocycles. The zero-order valence-electron chi connectivity index (χ0n) is 12.7. The zero-order chi connectivity index (χ0) is 14.5. The van der Waals surface area contributed by atoms with Crippen LogP contribution in [-0.4, -0.2) is 60.8 Å². The summed E-state index contributed by atoms with van der Waals surface area (Å²) >= 11 is 0. The Balaban J connectivity index is 1.87. The number of hydrogen-bond acceptors (Lipinski definition) is 4. The van der Waals surface area contributed by atoms with Crippen LogP contribution >= 0.6 is 0 Å². The first-order chi connectivity index (χ1) is 9.60. The molecule has 4 heteroatoms. The second-order valence-electron chi connectivity index (χ2n) is 5.72. The number of ether oxygens (including phenoxy) is 1. The van der Waals surface area contributed by atoms with Crippen molar-refractivity contribution in [2.24, 2.45) is 0 Å². The largest absolute Gasteiger partial charge is 0.497 e. The number of aliphatic hydroxyl groups excluding tert-OH is 1. The van der Waals surface area contributed by atoms with Crippen LogP contribution in [0.4, 0.5) is 0 Å². The number of hydrogen-bond donors (Lipinski definition) is 1. The summed E-state index contributed by atoms with van der Waals surface area (Å²) in [7, 11) is 1.65. The van der Waals surface area contributed by atoms with Crippen LogP contribution in [0.5, 0.6) is 5.75 Å². The summed E-state index contributed by atoms with van der Waals surface area (Å²) in [6.45, 7) is 9.39. The van der Waals surface area contributed by atoms with Gasteiger partial charge in [-0.1, -0.05) is 12.1 Å². The highest BCUT2D eigenvalue weighted by Crippen LogP contribution is 2.20. The van der Waals surface area contributed by atoms with Crippen molar-refractivity contribution in [3.8, 4) is 5.75 Å². The standard InChI is InChI=1S/C16H26N2O2/c1-13(2)18-9-7-17(8-10-18)12-16(19)14-5-4-6-15(11-14)20-3/h4-6,11,13,16,19H,7-10,12H2,1-3H3. The monoisotopic (exact) mass is 278 g/mol. The van der Waals surface area contributed by atoms with Gasteiger partial charge in [0.1, 0.15) is 5.75 Å². The molecule has 0 amide bonds. The Morgan fingerprint density at radius 3 is 2.50 bits per heavy atom. The molecule has 1 aliphatic heterocycles. The first-order valence-corrected chi connectivity index (χ1v) is 7.38. The highest BCUT2D eigenvalue weighted by Gasteiger charge is 2.21. The molecule has 0 aliphatic carbocycles. The van der Waals surface area contributed by atoms with E-state index >= 15 is 0 Å². The Morgan fingerprint density at radius 2 is 1.90 bits per heavy atom. The third-order valence-corrected chi connectivity index (χ3v) is 4.05. The maximum absolute atomic E-state index is 10.4. The molecule has 1 unspecified atom stereocenters. The molecule has 20 heavy (non-hydrogen) atoms. The fourth-order valence-electron chi connectivity index (χ4n) is 2.66. The first-order valence-electron chi connectivity index (χ1n) is 7.38. The Kier molecular flexibility index (Phi) is 5.40. The lowest BCUT2D eigenvalue weighted by molar-refractivity contribution is 0.0620. The van der Waals surface area contributed by atoms with E-state index in [0.29, 0.717) is 12.6 Å². The minimum Gasteiger partial charge on any atom is -0.497 e. The molecule has 1 aromatic rings. The van der Waals surface area contributed by atoms with Crippen LogP contribution in [0.15, 0.2) is 24.3 Å². The molecule has 1 aliphatic rings. The fraction of sp³-hybridized carbons (Fsp3) is 0.625. The van der Waals surface area contributed by atoms with E-state index in [2.05, 4.69) is 23.6 Å². The van der Waals surface area contributed by atoms with Gasteiger partial charge in [-0.15, -0.1) is 0 Å². The molecule has 112 valence electrons. The Bertz CT molecular complexity index is 415. The van der Waals surface area contributed by atoms with Crippen molar-refractivity contribution in [1.29, 1.82) is 0 Å². The molecule has 4 nitrogen and oxygen atoms in total. The van der Waals surface area contributed by atoms with Gasteiger partial charge in [-0.3, -0.25) is 9.80 Å². The second kappa shape index (κ2) is 7.07. The molecule has 0 radical (unpaired) electrons. The van der Waals surface area contributed by atoms with E-state index in [9.17, 15) is 5.11 Å². The van der Waals surface area contributed by atoms with Gasteiger partial charge in [0.25, 0.3) is 0 Å². The molecule has 0 spiro atoms. The van der Waals surface area contributed by atoms with Crippen molar-refractivity contribution in [2.45, 2.75) is 26.0 Å². The number of piperazine rings is 1. The van der Waals surface area contributed by atoms with Gasteiger partial charge >= 0.3 is 0 Å². The van der Waals surface area contributed by atoms with Gasteiger partial charge in [0.05, 0.1) is 13.2 Å². The maximum Gasteiger partial charge on any atom is 0.119 e. The molecular formula is C16H26N2O2. The lowest BCUT2D eigenvalue weighted by Crippen LogP contribution is -2.49. The lowest BCUT2D eigenvalue weighted by Gasteiger charge is -2.37. The molecule has 1 heterocycles. The summed E-state index contributed by atoms with van der Waals surface area (Å²) < 4.78 is 5.20. The van der Waals surface area contributed by atoms with Crippen LogP contribution in [0, 0.1) is 0 Å². The SMILES string of the molecule is COc1cccc(C(O)CN2CCN(C(C)C)CC2)c1. The minimum atomic E-state index is -0.448. The Labute approximate surface area is 122 Å². The summed E-state index contributed by atoms with van der Waals surface area (Å²) in [4.78, 5) is 4.82. The van der Waals surface area contributed by atoms with E-state index in [1.807, 2.05) is 24.3 Å². The highest BCUT2D eigenvalue weighted by atomic mass is 16.5. The van der Waals surface area contributed by atoms with E-state index < -0.39 is 6.10 Å². The summed E-state index contributed by atoms with van der Waals surface area (Å²) in [5.41, 5.74) is 0.927. The van der Waals surface area contributed by atoms with Gasteiger partial charge in [0.2, 0.25) is 0 Å². The molecule has 0 bridgehead atoms. The Hall–Kier alpha value is -1.10. The van der Waals surface area contributed by atoms with Gasteiger partial charge < -0.3 is 9.84 Å². The highest BCUT2D eigenvalue weighted by molar-refractivity contribution is 5.29. The van der Waals surface area contributed by atoms with Gasteiger partial charge in [-0.2, -0.15) is 0 Å². The normalized spacial score (nSPS) is 19.2. The lowest BCUT2D eigenvalue weighted by atomic mass is 10.1. The number of β-amino-alcohol motifs (C(OH)–C–C–N with tert-alkyl or cyclic N) is 1. The molecule has 2 rings (SSSR count). The minimum absolute atomic E-state index is 0.448. The van der Waals surface area contributed by atoms with Crippen LogP contribution in [0.2, 0.25) is 0 Å². The van der Waals surface area contributed by atoms with Crippen molar-refractivity contribution in [1.82, 2.24) is 9.80 Å². The average Bonchev–Trinajstić information content (AvgIpc) is 2.47. The number of aliphatic hydroxyl groups is 1. The predicted octanol–water partition coefficient (Wildman–Crippen LogP) is 1.75. The van der Waals surface area contributed by atoms with Crippen LogP contribution in [0.3, 0.4) is 0 Å². The van der Waals surface area contributed by atoms with Gasteiger partial charge in [0.15, 0.2) is 0 Å². The van der Waals surface area contributed by atoms with Gasteiger partial charge in [-0.05, 0) is 31.5 Å². The number of benzene rings is 1. The van der Waals surface area contributed by atoms with E-state index in [1.54, 1.807) is 7.11 Å². The van der Waals surface area contributed by atoms with Crippen LogP contribution in [0.1, 0.15) is 25.5 Å². The predicted molar refractivity (Wildman–Crippen MR) is 81.1 cm³/mol. The van der Waals surface area contributed by atoms with Gasteiger partial charge in [-0.25, -0.2) is 0 Å². The van der Waals surface area contributed by atoms with Crippen molar-refractivity contribution in [3.05, 3.63) is 29.8 Å². The number of nitrogens with zero attached hydrogens (tertiary/aromatic N) is 2. The van der Waals surface area contributed by atoms with Crippen molar-refractivity contribution < 1.29 is 9.84 Å². The summed E-state index contributed by atoms with van der Waals surface area (Å²) in [6.07, 6.45) is -0.448. The zero-order valence-corrected chi connectivity index (χ0v) is 12.7. The maximum atomic E-state index is 10.4. The molecule has 1 saturated heterocycles. The third kappa shape index (κ3) is 3.95. The van der Waals surface area contributed by atoms with Crippen LogP contribution < -0.4 is 4.74 Å². The van der Waals surface area contributed by atoms with E-state index in [-0.39, 0.29) is 0 Å². The molecule has 1 aromatic carbocycles. The summed E-state index contributed by atoms with van der Waals surface area (Å²) in [5.74, 6) is 0.797. The third-order valence-electron chi connectivity index (χ3n) is 4.05. The molecule has 0 aromatic heterocycles. The van der Waals surface area contributed by atoms with Crippen LogP contribution in [-0.2, 0) is 0 Å².